The summed E-state index contributed by atoms with van der Waals surface area (Å²) in [6.07, 6.45) is 4.73. The Balaban J connectivity index is 1.67. The normalized spacial score (nSPS) is 24.3. The van der Waals surface area contributed by atoms with Gasteiger partial charge in [-0.3, -0.25) is 4.90 Å². The van der Waals surface area contributed by atoms with Gasteiger partial charge >= 0.3 is 0 Å². The third kappa shape index (κ3) is 2.74. The van der Waals surface area contributed by atoms with Crippen molar-refractivity contribution in [3.8, 4) is 11.8 Å². The minimum Gasteiger partial charge on any atom is -0.381 e. The van der Waals surface area contributed by atoms with Gasteiger partial charge < -0.3 is 4.74 Å². The molecule has 2 rings (SSSR count). The highest BCUT2D eigenvalue weighted by Gasteiger charge is 2.43. The van der Waals surface area contributed by atoms with Crippen LogP contribution in [0, 0.1) is 17.3 Å². The van der Waals surface area contributed by atoms with E-state index in [1.165, 1.54) is 32.4 Å². The number of hydrogen-bond donors (Lipinski definition) is 0. The second kappa shape index (κ2) is 5.01. The molecule has 0 aromatic carbocycles. The molecule has 1 spiro atoms. The van der Waals surface area contributed by atoms with E-state index in [1.54, 1.807) is 0 Å². The first-order valence-electron chi connectivity index (χ1n) is 6.10. The van der Waals surface area contributed by atoms with Crippen molar-refractivity contribution < 1.29 is 4.74 Å². The maximum atomic E-state index is 5.40. The number of rotatable bonds is 2. The predicted octanol–water partition coefficient (Wildman–Crippen LogP) is 1.90. The van der Waals surface area contributed by atoms with Gasteiger partial charge in [0.05, 0.1) is 6.54 Å². The average Bonchev–Trinajstić information content (AvgIpc) is 2.23. The third-order valence-electron chi connectivity index (χ3n) is 3.47. The van der Waals surface area contributed by atoms with Crippen molar-refractivity contribution in [1.82, 2.24) is 4.90 Å². The first-order valence-corrected chi connectivity index (χ1v) is 6.10. The highest BCUT2D eigenvalue weighted by Crippen LogP contribution is 2.39. The highest BCUT2D eigenvalue weighted by molar-refractivity contribution is 5.05. The molecule has 0 N–H and O–H groups in total. The molecule has 2 aliphatic heterocycles. The molecular weight excluding hydrogens is 186 g/mol. The van der Waals surface area contributed by atoms with Crippen molar-refractivity contribution in [3.05, 3.63) is 0 Å². The summed E-state index contributed by atoms with van der Waals surface area (Å²) in [5.41, 5.74) is 0.602. The van der Waals surface area contributed by atoms with E-state index in [2.05, 4.69) is 23.7 Å². The Bertz CT molecular complexity index is 249. The predicted molar refractivity (Wildman–Crippen MR) is 61.6 cm³/mol. The van der Waals surface area contributed by atoms with Gasteiger partial charge in [-0.15, -0.1) is 5.92 Å². The van der Waals surface area contributed by atoms with Gasteiger partial charge in [0.15, 0.2) is 0 Å². The van der Waals surface area contributed by atoms with Gasteiger partial charge in [0.1, 0.15) is 0 Å². The number of hydrogen-bond acceptors (Lipinski definition) is 2. The van der Waals surface area contributed by atoms with Crippen LogP contribution in [0.25, 0.3) is 0 Å². The van der Waals surface area contributed by atoms with Crippen LogP contribution >= 0.6 is 0 Å². The van der Waals surface area contributed by atoms with Crippen molar-refractivity contribution in [2.24, 2.45) is 5.41 Å². The van der Waals surface area contributed by atoms with E-state index in [1.807, 2.05) is 0 Å². The van der Waals surface area contributed by atoms with Crippen molar-refractivity contribution >= 4 is 0 Å². The molecule has 2 nitrogen and oxygen atoms in total. The van der Waals surface area contributed by atoms with E-state index < -0.39 is 0 Å². The Hall–Kier alpha value is -0.520. The Morgan fingerprint density at radius 3 is 2.60 bits per heavy atom. The van der Waals surface area contributed by atoms with Crippen LogP contribution in [0.2, 0.25) is 0 Å². The van der Waals surface area contributed by atoms with Crippen LogP contribution in [0.5, 0.6) is 0 Å². The summed E-state index contributed by atoms with van der Waals surface area (Å²) in [4.78, 5) is 2.47. The van der Waals surface area contributed by atoms with Crippen LogP contribution in [0.15, 0.2) is 0 Å². The number of unbranched alkanes of at least 4 members (excludes halogenated alkanes) is 1. The Labute approximate surface area is 93.0 Å². The van der Waals surface area contributed by atoms with Crippen LogP contribution in [0.1, 0.15) is 32.6 Å². The van der Waals surface area contributed by atoms with Crippen LogP contribution in [-0.4, -0.2) is 37.7 Å². The summed E-state index contributed by atoms with van der Waals surface area (Å²) in [7, 11) is 0. The molecule has 0 amide bonds. The molecule has 2 heterocycles. The molecule has 2 aliphatic rings. The summed E-state index contributed by atoms with van der Waals surface area (Å²) >= 11 is 0. The van der Waals surface area contributed by atoms with Gasteiger partial charge in [0, 0.05) is 38.1 Å². The van der Waals surface area contributed by atoms with Gasteiger partial charge in [-0.25, -0.2) is 0 Å². The fraction of sp³-hybridized carbons (Fsp3) is 0.846. The number of ether oxygens (including phenoxy) is 1. The quantitative estimate of drug-likeness (QED) is 0.641. The van der Waals surface area contributed by atoms with Crippen LogP contribution < -0.4 is 0 Å². The highest BCUT2D eigenvalue weighted by atomic mass is 16.5. The molecule has 0 bridgehead atoms. The minimum atomic E-state index is 0.602. The van der Waals surface area contributed by atoms with Gasteiger partial charge in [-0.1, -0.05) is 12.8 Å². The van der Waals surface area contributed by atoms with Crippen LogP contribution in [0.3, 0.4) is 0 Å². The molecule has 15 heavy (non-hydrogen) atoms. The molecule has 0 aliphatic carbocycles. The number of likely N-dealkylation sites (tertiary alicyclic amines) is 1. The van der Waals surface area contributed by atoms with Crippen LogP contribution in [0.4, 0.5) is 0 Å². The molecule has 0 aromatic heterocycles. The largest absolute Gasteiger partial charge is 0.381 e. The van der Waals surface area contributed by atoms with Gasteiger partial charge in [-0.2, -0.15) is 0 Å². The maximum absolute atomic E-state index is 5.40. The summed E-state index contributed by atoms with van der Waals surface area (Å²) in [6, 6.07) is 0. The van der Waals surface area contributed by atoms with Crippen LogP contribution in [-0.2, 0) is 4.74 Å². The third-order valence-corrected chi connectivity index (χ3v) is 3.47. The lowest BCUT2D eigenvalue weighted by Gasteiger charge is -2.51. The molecule has 0 aromatic rings. The standard InChI is InChI=1S/C13H21NO/c1-2-3-4-5-8-14-11-13(12-14)6-9-15-10-7-13/h2-3,6-12H2,1H3. The molecule has 2 fully saturated rings. The van der Waals surface area contributed by atoms with E-state index in [0.29, 0.717) is 5.41 Å². The summed E-state index contributed by atoms with van der Waals surface area (Å²) < 4.78 is 5.40. The minimum absolute atomic E-state index is 0.602. The van der Waals surface area contributed by atoms with E-state index in [0.717, 1.165) is 26.2 Å². The average molecular weight is 207 g/mol. The van der Waals surface area contributed by atoms with Gasteiger partial charge in [0.2, 0.25) is 0 Å². The lowest BCUT2D eigenvalue weighted by atomic mass is 9.73. The zero-order valence-corrected chi connectivity index (χ0v) is 9.72. The second-order valence-corrected chi connectivity index (χ2v) is 4.86. The second-order valence-electron chi connectivity index (χ2n) is 4.86. The summed E-state index contributed by atoms with van der Waals surface area (Å²) in [6.45, 7) is 7.58. The molecule has 0 radical (unpaired) electrons. The first kappa shape index (κ1) is 11.0. The molecule has 0 saturated carbocycles. The molecule has 0 atom stereocenters. The monoisotopic (exact) mass is 207 g/mol. The fourth-order valence-electron chi connectivity index (χ4n) is 2.52. The fourth-order valence-corrected chi connectivity index (χ4v) is 2.52. The summed E-state index contributed by atoms with van der Waals surface area (Å²) in [5.74, 6) is 6.46. The van der Waals surface area contributed by atoms with E-state index >= 15 is 0 Å². The lowest BCUT2D eigenvalue weighted by Crippen LogP contribution is -2.58. The Kier molecular flexibility index (Phi) is 3.66. The van der Waals surface area contributed by atoms with Crippen molar-refractivity contribution in [2.75, 3.05) is 32.8 Å². The Morgan fingerprint density at radius 1 is 1.20 bits per heavy atom. The van der Waals surface area contributed by atoms with E-state index in [-0.39, 0.29) is 0 Å². The SMILES string of the molecule is CCCC#CCN1CC2(CCOCC2)C1. The molecule has 84 valence electrons. The smallest absolute Gasteiger partial charge is 0.0601 e. The molecular formula is C13H21NO. The molecule has 2 saturated heterocycles. The van der Waals surface area contributed by atoms with Gasteiger partial charge in [-0.05, 0) is 19.3 Å². The molecule has 0 unspecified atom stereocenters. The van der Waals surface area contributed by atoms with Crippen molar-refractivity contribution in [2.45, 2.75) is 32.6 Å². The molecule has 2 heteroatoms. The zero-order valence-electron chi connectivity index (χ0n) is 9.72. The topological polar surface area (TPSA) is 12.5 Å². The van der Waals surface area contributed by atoms with Crippen molar-refractivity contribution in [3.63, 3.8) is 0 Å². The van der Waals surface area contributed by atoms with Crippen molar-refractivity contribution in [1.29, 1.82) is 0 Å². The Morgan fingerprint density at radius 2 is 1.93 bits per heavy atom. The van der Waals surface area contributed by atoms with E-state index in [9.17, 15) is 0 Å². The van der Waals surface area contributed by atoms with E-state index in [4.69, 9.17) is 4.74 Å². The maximum Gasteiger partial charge on any atom is 0.0601 e. The summed E-state index contributed by atoms with van der Waals surface area (Å²) in [5, 5.41) is 0. The number of nitrogens with zero attached hydrogens (tertiary/aromatic N) is 1. The van der Waals surface area contributed by atoms with Gasteiger partial charge in [0.25, 0.3) is 0 Å². The lowest BCUT2D eigenvalue weighted by molar-refractivity contribution is -0.0750. The first-order chi connectivity index (χ1) is 7.35. The zero-order chi connectivity index (χ0) is 10.6.